The monoisotopic (exact) mass is 223 g/mol. The zero-order chi connectivity index (χ0) is 12.0. The summed E-state index contributed by atoms with van der Waals surface area (Å²) in [5.41, 5.74) is 1.36. The van der Waals surface area contributed by atoms with Crippen LogP contribution in [0.5, 0.6) is 0 Å². The van der Waals surface area contributed by atoms with Crippen LogP contribution in [0.25, 0.3) is 0 Å². The maximum Gasteiger partial charge on any atom is 0.0245 e. The third kappa shape index (κ3) is 4.37. The smallest absolute Gasteiger partial charge is 0.0245 e. The molecule has 3 heteroatoms. The second-order valence-corrected chi connectivity index (χ2v) is 4.98. The molecule has 0 amide bonds. The number of aromatic nitrogens is 1. The highest BCUT2D eigenvalue weighted by atomic mass is 15.1. The van der Waals surface area contributed by atoms with Crippen LogP contribution in [0.15, 0.2) is 18.5 Å². The number of H-pyrrole nitrogens is 1. The van der Waals surface area contributed by atoms with Crippen molar-refractivity contribution in [3.8, 4) is 0 Å². The zero-order valence-electron chi connectivity index (χ0n) is 11.0. The first-order valence-electron chi connectivity index (χ1n) is 6.08. The van der Waals surface area contributed by atoms with Crippen molar-refractivity contribution in [1.29, 1.82) is 0 Å². The largest absolute Gasteiger partial charge is 0.367 e. The number of nitrogens with one attached hydrogen (secondary N) is 2. The minimum atomic E-state index is 0.717. The average Bonchev–Trinajstić information content (AvgIpc) is 2.69. The molecule has 0 saturated carbocycles. The normalized spacial score (nSPS) is 13.6. The summed E-state index contributed by atoms with van der Waals surface area (Å²) in [7, 11) is 4.22. The summed E-state index contributed by atoms with van der Waals surface area (Å²) in [6, 6.07) is 2.14. The fourth-order valence-electron chi connectivity index (χ4n) is 2.01. The van der Waals surface area contributed by atoms with E-state index in [0.29, 0.717) is 5.92 Å². The molecule has 16 heavy (non-hydrogen) atoms. The molecular weight excluding hydrogens is 198 g/mol. The van der Waals surface area contributed by atoms with Crippen LogP contribution in [0.2, 0.25) is 0 Å². The van der Waals surface area contributed by atoms with Crippen LogP contribution in [-0.4, -0.2) is 37.1 Å². The van der Waals surface area contributed by atoms with E-state index in [1.54, 1.807) is 0 Å². The summed E-state index contributed by atoms with van der Waals surface area (Å²) in [5.74, 6) is 1.44. The van der Waals surface area contributed by atoms with Crippen LogP contribution in [0, 0.1) is 11.8 Å². The van der Waals surface area contributed by atoms with Crippen LogP contribution in [0.1, 0.15) is 19.4 Å². The quantitative estimate of drug-likeness (QED) is 0.740. The first-order chi connectivity index (χ1) is 7.63. The predicted octanol–water partition coefficient (Wildman–Crippen LogP) is 1.94. The minimum Gasteiger partial charge on any atom is -0.367 e. The van der Waals surface area contributed by atoms with Gasteiger partial charge in [-0.2, -0.15) is 0 Å². The Labute approximate surface area is 99.2 Å². The Morgan fingerprint density at radius 1 is 1.44 bits per heavy atom. The molecule has 0 radical (unpaired) electrons. The zero-order valence-corrected chi connectivity index (χ0v) is 11.0. The molecular formula is C13H25N3. The van der Waals surface area contributed by atoms with E-state index < -0.39 is 0 Å². The molecule has 0 bridgehead atoms. The number of rotatable bonds is 7. The molecule has 0 fully saturated rings. The van der Waals surface area contributed by atoms with E-state index in [9.17, 15) is 0 Å². The van der Waals surface area contributed by atoms with Gasteiger partial charge in [0.15, 0.2) is 0 Å². The van der Waals surface area contributed by atoms with E-state index >= 15 is 0 Å². The molecule has 0 aromatic carbocycles. The van der Waals surface area contributed by atoms with E-state index in [4.69, 9.17) is 0 Å². The molecule has 92 valence electrons. The average molecular weight is 223 g/mol. The summed E-state index contributed by atoms with van der Waals surface area (Å²) >= 11 is 0. The van der Waals surface area contributed by atoms with Gasteiger partial charge in [-0.25, -0.2) is 0 Å². The van der Waals surface area contributed by atoms with Gasteiger partial charge in [-0.05, 0) is 44.1 Å². The molecule has 1 rings (SSSR count). The number of nitrogens with zero attached hydrogens (tertiary/aromatic N) is 1. The fraction of sp³-hybridized carbons (Fsp3) is 0.692. The Balaban J connectivity index is 2.39. The van der Waals surface area contributed by atoms with Gasteiger partial charge in [0.1, 0.15) is 0 Å². The van der Waals surface area contributed by atoms with Gasteiger partial charge in [-0.15, -0.1) is 0 Å². The van der Waals surface area contributed by atoms with E-state index in [1.165, 1.54) is 5.56 Å². The molecule has 0 aliphatic carbocycles. The highest BCUT2D eigenvalue weighted by Gasteiger charge is 2.14. The molecule has 3 nitrogen and oxygen atoms in total. The first-order valence-corrected chi connectivity index (χ1v) is 6.08. The van der Waals surface area contributed by atoms with Crippen LogP contribution in [-0.2, 0) is 6.54 Å². The van der Waals surface area contributed by atoms with Crippen molar-refractivity contribution in [3.05, 3.63) is 24.0 Å². The third-order valence-electron chi connectivity index (χ3n) is 3.07. The summed E-state index contributed by atoms with van der Waals surface area (Å²) in [6.07, 6.45) is 4.05. The summed E-state index contributed by atoms with van der Waals surface area (Å²) < 4.78 is 0. The Bertz CT molecular complexity index is 267. The van der Waals surface area contributed by atoms with Gasteiger partial charge < -0.3 is 15.2 Å². The second-order valence-electron chi connectivity index (χ2n) is 4.98. The van der Waals surface area contributed by atoms with Gasteiger partial charge in [-0.1, -0.05) is 13.8 Å². The molecule has 1 heterocycles. The molecule has 1 atom stereocenters. The Morgan fingerprint density at radius 3 is 2.69 bits per heavy atom. The summed E-state index contributed by atoms with van der Waals surface area (Å²) in [6.45, 7) is 7.85. The van der Waals surface area contributed by atoms with Crippen molar-refractivity contribution >= 4 is 0 Å². The lowest BCUT2D eigenvalue weighted by atomic mass is 9.95. The topological polar surface area (TPSA) is 31.1 Å². The number of hydrogen-bond donors (Lipinski definition) is 2. The maximum absolute atomic E-state index is 3.28. The highest BCUT2D eigenvalue weighted by Crippen LogP contribution is 2.12. The lowest BCUT2D eigenvalue weighted by Gasteiger charge is -2.26. The SMILES string of the molecule is CNCC(CN(C)Cc1cc[nH]c1)C(C)C. The lowest BCUT2D eigenvalue weighted by Crippen LogP contribution is -2.34. The fourth-order valence-corrected chi connectivity index (χ4v) is 2.01. The van der Waals surface area contributed by atoms with Crippen molar-refractivity contribution in [1.82, 2.24) is 15.2 Å². The van der Waals surface area contributed by atoms with E-state index in [1.807, 2.05) is 13.2 Å². The van der Waals surface area contributed by atoms with E-state index in [0.717, 1.165) is 25.6 Å². The van der Waals surface area contributed by atoms with Gasteiger partial charge in [0.25, 0.3) is 0 Å². The van der Waals surface area contributed by atoms with Gasteiger partial charge in [0.05, 0.1) is 0 Å². The molecule has 0 spiro atoms. The highest BCUT2D eigenvalue weighted by molar-refractivity contribution is 5.07. The minimum absolute atomic E-state index is 0.717. The van der Waals surface area contributed by atoms with Crippen LogP contribution in [0.4, 0.5) is 0 Å². The molecule has 2 N–H and O–H groups in total. The Hall–Kier alpha value is -0.800. The van der Waals surface area contributed by atoms with Crippen molar-refractivity contribution in [2.75, 3.05) is 27.2 Å². The first kappa shape index (κ1) is 13.3. The van der Waals surface area contributed by atoms with Crippen molar-refractivity contribution in [2.24, 2.45) is 11.8 Å². The third-order valence-corrected chi connectivity index (χ3v) is 3.07. The molecule has 1 unspecified atom stereocenters. The molecule has 0 aliphatic heterocycles. The Morgan fingerprint density at radius 2 is 2.19 bits per heavy atom. The van der Waals surface area contributed by atoms with Crippen molar-refractivity contribution < 1.29 is 0 Å². The number of aromatic amines is 1. The summed E-state index contributed by atoms with van der Waals surface area (Å²) in [5, 5.41) is 3.28. The summed E-state index contributed by atoms with van der Waals surface area (Å²) in [4.78, 5) is 5.49. The van der Waals surface area contributed by atoms with Gasteiger partial charge in [0, 0.05) is 25.5 Å². The van der Waals surface area contributed by atoms with Crippen LogP contribution < -0.4 is 5.32 Å². The van der Waals surface area contributed by atoms with Gasteiger partial charge in [-0.3, -0.25) is 0 Å². The molecule has 1 aromatic heterocycles. The van der Waals surface area contributed by atoms with E-state index in [2.05, 4.69) is 48.4 Å². The molecule has 1 aromatic rings. The Kier molecular flexibility index (Phi) is 5.56. The maximum atomic E-state index is 3.28. The van der Waals surface area contributed by atoms with Gasteiger partial charge in [0.2, 0.25) is 0 Å². The standard InChI is InChI=1S/C13H25N3/c1-11(2)13(8-14-3)10-16(4)9-12-5-6-15-7-12/h5-7,11,13-15H,8-10H2,1-4H3. The van der Waals surface area contributed by atoms with Crippen molar-refractivity contribution in [2.45, 2.75) is 20.4 Å². The molecule has 0 saturated heterocycles. The van der Waals surface area contributed by atoms with E-state index in [-0.39, 0.29) is 0 Å². The lowest BCUT2D eigenvalue weighted by molar-refractivity contribution is 0.227. The van der Waals surface area contributed by atoms with Crippen molar-refractivity contribution in [3.63, 3.8) is 0 Å². The number of hydrogen-bond acceptors (Lipinski definition) is 2. The van der Waals surface area contributed by atoms with Crippen LogP contribution >= 0.6 is 0 Å². The van der Waals surface area contributed by atoms with Gasteiger partial charge >= 0.3 is 0 Å². The second kappa shape index (κ2) is 6.71. The predicted molar refractivity (Wildman–Crippen MR) is 69.4 cm³/mol. The van der Waals surface area contributed by atoms with Crippen LogP contribution in [0.3, 0.4) is 0 Å². The molecule has 0 aliphatic rings.